The third-order valence-electron chi connectivity index (χ3n) is 4.20. The lowest BCUT2D eigenvalue weighted by Crippen LogP contribution is -2.22. The van der Waals surface area contributed by atoms with Crippen molar-refractivity contribution < 1.29 is 0 Å². The van der Waals surface area contributed by atoms with Crippen molar-refractivity contribution in [1.82, 2.24) is 9.55 Å². The summed E-state index contributed by atoms with van der Waals surface area (Å²) in [5.74, 6) is 0.582. The van der Waals surface area contributed by atoms with Crippen molar-refractivity contribution in [3.8, 4) is 0 Å². The quantitative estimate of drug-likeness (QED) is 0.844. The molecule has 1 heterocycles. The highest BCUT2D eigenvalue weighted by Crippen LogP contribution is 2.48. The third-order valence-corrected chi connectivity index (χ3v) is 4.51. The maximum absolute atomic E-state index is 6.33. The molecule has 1 aromatic carbocycles. The Morgan fingerprint density at radius 3 is 2.89 bits per heavy atom. The molecule has 1 saturated carbocycles. The van der Waals surface area contributed by atoms with Crippen LogP contribution in [0.2, 0.25) is 5.02 Å². The van der Waals surface area contributed by atoms with Gasteiger partial charge in [-0.15, -0.1) is 0 Å². The summed E-state index contributed by atoms with van der Waals surface area (Å²) in [4.78, 5) is 4.44. The Morgan fingerprint density at radius 1 is 1.44 bits per heavy atom. The van der Waals surface area contributed by atoms with Crippen molar-refractivity contribution in [2.24, 2.45) is 5.41 Å². The van der Waals surface area contributed by atoms with Gasteiger partial charge >= 0.3 is 0 Å². The normalized spacial score (nSPS) is 22.7. The van der Waals surface area contributed by atoms with E-state index in [2.05, 4.69) is 23.4 Å². The van der Waals surface area contributed by atoms with Gasteiger partial charge in [-0.1, -0.05) is 37.9 Å². The fourth-order valence-corrected chi connectivity index (χ4v) is 3.49. The minimum absolute atomic E-state index is 0.251. The van der Waals surface area contributed by atoms with Crippen LogP contribution in [-0.4, -0.2) is 9.55 Å². The van der Waals surface area contributed by atoms with E-state index in [0.717, 1.165) is 22.5 Å². The Kier molecular flexibility index (Phi) is 2.56. The molecule has 0 spiro atoms. The number of hydrogen-bond donors (Lipinski definition) is 1. The molecule has 18 heavy (non-hydrogen) atoms. The second-order valence-corrected chi connectivity index (χ2v) is 6.25. The first-order valence-electron chi connectivity index (χ1n) is 6.42. The van der Waals surface area contributed by atoms with E-state index in [4.69, 9.17) is 17.3 Å². The fourth-order valence-electron chi connectivity index (χ4n) is 3.23. The maximum atomic E-state index is 6.33. The number of aromatic nitrogens is 2. The van der Waals surface area contributed by atoms with Crippen molar-refractivity contribution in [2.45, 2.75) is 39.2 Å². The predicted molar refractivity (Wildman–Crippen MR) is 75.8 cm³/mol. The van der Waals surface area contributed by atoms with E-state index < -0.39 is 0 Å². The number of nitrogens with zero attached hydrogens (tertiary/aromatic N) is 2. The van der Waals surface area contributed by atoms with Gasteiger partial charge in [-0.25, -0.2) is 4.98 Å². The summed E-state index contributed by atoms with van der Waals surface area (Å²) in [5, 5.41) is 0.736. The lowest BCUT2D eigenvalue weighted by Gasteiger charge is -2.29. The Bertz CT molecular complexity index is 600. The van der Waals surface area contributed by atoms with Gasteiger partial charge in [0, 0.05) is 6.04 Å². The highest BCUT2D eigenvalue weighted by molar-refractivity contribution is 6.35. The Balaban J connectivity index is 2.26. The van der Waals surface area contributed by atoms with Gasteiger partial charge in [0.1, 0.15) is 0 Å². The molecule has 1 aliphatic rings. The first kappa shape index (κ1) is 11.8. The van der Waals surface area contributed by atoms with Crippen molar-refractivity contribution in [2.75, 3.05) is 5.73 Å². The number of anilines is 1. The Labute approximate surface area is 112 Å². The molecule has 1 atom stereocenters. The number of halogens is 1. The monoisotopic (exact) mass is 263 g/mol. The molecule has 1 fully saturated rings. The standard InChI is InChI=1S/C14H18ClN3/c1-14(2)8-4-7-11(14)18-12-9(15)5-3-6-10(12)17-13(18)16/h3,5-6,11H,4,7-8H2,1-2H3,(H2,16,17). The van der Waals surface area contributed by atoms with Crippen LogP contribution in [0.3, 0.4) is 0 Å². The molecule has 3 rings (SSSR count). The number of hydrogen-bond acceptors (Lipinski definition) is 2. The van der Waals surface area contributed by atoms with Gasteiger partial charge < -0.3 is 10.3 Å². The zero-order valence-corrected chi connectivity index (χ0v) is 11.5. The number of fused-ring (bicyclic) bond motifs is 1. The van der Waals surface area contributed by atoms with Crippen molar-refractivity contribution in [1.29, 1.82) is 0 Å². The summed E-state index contributed by atoms with van der Waals surface area (Å²) in [7, 11) is 0. The molecule has 0 radical (unpaired) electrons. The van der Waals surface area contributed by atoms with Crippen molar-refractivity contribution in [3.63, 3.8) is 0 Å². The van der Waals surface area contributed by atoms with Gasteiger partial charge in [0.25, 0.3) is 0 Å². The van der Waals surface area contributed by atoms with Crippen LogP contribution in [-0.2, 0) is 0 Å². The SMILES string of the molecule is CC1(C)CCCC1n1c(N)nc2cccc(Cl)c21. The van der Waals surface area contributed by atoms with Crippen LogP contribution >= 0.6 is 11.6 Å². The van der Waals surface area contributed by atoms with Crippen LogP contribution in [0.1, 0.15) is 39.2 Å². The molecular formula is C14H18ClN3. The molecule has 0 saturated heterocycles. The summed E-state index contributed by atoms with van der Waals surface area (Å²) in [6.45, 7) is 4.60. The average Bonchev–Trinajstić information content (AvgIpc) is 2.78. The summed E-state index contributed by atoms with van der Waals surface area (Å²) >= 11 is 6.33. The van der Waals surface area contributed by atoms with Crippen LogP contribution in [0.25, 0.3) is 11.0 Å². The van der Waals surface area contributed by atoms with Crippen LogP contribution in [0, 0.1) is 5.41 Å². The Morgan fingerprint density at radius 2 is 2.22 bits per heavy atom. The summed E-state index contributed by atoms with van der Waals surface area (Å²) in [6.07, 6.45) is 3.61. The molecule has 0 aliphatic heterocycles. The lowest BCUT2D eigenvalue weighted by molar-refractivity contribution is 0.268. The highest BCUT2D eigenvalue weighted by Gasteiger charge is 2.37. The minimum atomic E-state index is 0.251. The molecule has 0 amide bonds. The first-order valence-corrected chi connectivity index (χ1v) is 6.80. The topological polar surface area (TPSA) is 43.8 Å². The number of rotatable bonds is 1. The molecule has 3 nitrogen and oxygen atoms in total. The molecule has 4 heteroatoms. The zero-order chi connectivity index (χ0) is 12.9. The van der Waals surface area contributed by atoms with E-state index in [9.17, 15) is 0 Å². The van der Waals surface area contributed by atoms with E-state index >= 15 is 0 Å². The van der Waals surface area contributed by atoms with Crippen molar-refractivity contribution in [3.05, 3.63) is 23.2 Å². The van der Waals surface area contributed by atoms with Gasteiger partial charge in [-0.3, -0.25) is 0 Å². The number of imidazole rings is 1. The second kappa shape index (κ2) is 3.89. The van der Waals surface area contributed by atoms with Crippen LogP contribution in [0.15, 0.2) is 18.2 Å². The average molecular weight is 264 g/mol. The first-order chi connectivity index (χ1) is 8.50. The Hall–Kier alpha value is -1.22. The van der Waals surface area contributed by atoms with Crippen molar-refractivity contribution >= 4 is 28.6 Å². The molecule has 2 N–H and O–H groups in total. The van der Waals surface area contributed by atoms with E-state index in [1.807, 2.05) is 18.2 Å². The van der Waals surface area contributed by atoms with Gasteiger partial charge in [-0.05, 0) is 30.4 Å². The highest BCUT2D eigenvalue weighted by atomic mass is 35.5. The molecular weight excluding hydrogens is 246 g/mol. The molecule has 2 aromatic rings. The third kappa shape index (κ3) is 1.61. The number of para-hydroxylation sites is 1. The summed E-state index contributed by atoms with van der Waals surface area (Å²) in [6, 6.07) is 6.18. The molecule has 96 valence electrons. The number of benzene rings is 1. The summed E-state index contributed by atoms with van der Waals surface area (Å²) in [5.41, 5.74) is 8.24. The van der Waals surface area contributed by atoms with E-state index in [0.29, 0.717) is 12.0 Å². The molecule has 1 aliphatic carbocycles. The second-order valence-electron chi connectivity index (χ2n) is 5.84. The van der Waals surface area contributed by atoms with Gasteiger partial charge in [-0.2, -0.15) is 0 Å². The fraction of sp³-hybridized carbons (Fsp3) is 0.500. The molecule has 1 unspecified atom stereocenters. The van der Waals surface area contributed by atoms with E-state index in [1.165, 1.54) is 12.8 Å². The predicted octanol–water partition coefficient (Wildman–Crippen LogP) is 4.02. The van der Waals surface area contributed by atoms with Gasteiger partial charge in [0.05, 0.1) is 16.1 Å². The van der Waals surface area contributed by atoms with E-state index in [1.54, 1.807) is 0 Å². The zero-order valence-electron chi connectivity index (χ0n) is 10.8. The molecule has 1 aromatic heterocycles. The van der Waals surface area contributed by atoms with Gasteiger partial charge in [0.15, 0.2) is 0 Å². The van der Waals surface area contributed by atoms with Crippen LogP contribution in [0.5, 0.6) is 0 Å². The number of nitrogen functional groups attached to an aromatic ring is 1. The van der Waals surface area contributed by atoms with E-state index in [-0.39, 0.29) is 5.41 Å². The largest absolute Gasteiger partial charge is 0.369 e. The van der Waals surface area contributed by atoms with Gasteiger partial charge in [0.2, 0.25) is 5.95 Å². The molecule has 0 bridgehead atoms. The summed E-state index contributed by atoms with van der Waals surface area (Å²) < 4.78 is 2.14. The maximum Gasteiger partial charge on any atom is 0.201 e. The number of nitrogens with two attached hydrogens (primary N) is 1. The smallest absolute Gasteiger partial charge is 0.201 e. The van der Waals surface area contributed by atoms with Crippen LogP contribution in [0.4, 0.5) is 5.95 Å². The van der Waals surface area contributed by atoms with Crippen LogP contribution < -0.4 is 5.73 Å². The minimum Gasteiger partial charge on any atom is -0.369 e. The lowest BCUT2D eigenvalue weighted by atomic mass is 9.87.